The molecule has 0 unspecified atom stereocenters. The Kier molecular flexibility index (Phi) is 6.24. The van der Waals surface area contributed by atoms with Gasteiger partial charge in [0.05, 0.1) is 16.9 Å². The number of ether oxygens (including phenoxy) is 1. The normalized spacial score (nSPS) is 15.5. The lowest BCUT2D eigenvalue weighted by atomic mass is 9.87. The molecular weight excluding hydrogens is 400 g/mol. The van der Waals surface area contributed by atoms with Gasteiger partial charge in [-0.15, -0.1) is 0 Å². The molecule has 1 amide bonds. The number of anilines is 1. The maximum Gasteiger partial charge on any atom is 0.261 e. The third kappa shape index (κ3) is 4.84. The van der Waals surface area contributed by atoms with Crippen LogP contribution in [0.5, 0.6) is 0 Å². The van der Waals surface area contributed by atoms with E-state index in [0.717, 1.165) is 24.0 Å². The summed E-state index contributed by atoms with van der Waals surface area (Å²) in [5.74, 6) is -0.00758. The first-order valence-electron chi connectivity index (χ1n) is 10.1. The Bertz CT molecular complexity index is 987. The van der Waals surface area contributed by atoms with E-state index in [4.69, 9.17) is 4.74 Å². The molecule has 3 rings (SSSR count). The molecule has 2 aromatic carbocycles. The molecule has 0 radical (unpaired) electrons. The summed E-state index contributed by atoms with van der Waals surface area (Å²) < 4.78 is 33.0. The van der Waals surface area contributed by atoms with Crippen LogP contribution in [0.15, 0.2) is 53.4 Å². The van der Waals surface area contributed by atoms with Crippen LogP contribution < -0.4 is 10.0 Å². The van der Waals surface area contributed by atoms with Crippen LogP contribution in [0.3, 0.4) is 0 Å². The monoisotopic (exact) mass is 430 g/mol. The number of amides is 1. The van der Waals surface area contributed by atoms with Crippen molar-refractivity contribution < 1.29 is 17.9 Å². The molecule has 6 nitrogen and oxygen atoms in total. The predicted molar refractivity (Wildman–Crippen MR) is 118 cm³/mol. The van der Waals surface area contributed by atoms with Crippen molar-refractivity contribution in [2.24, 2.45) is 0 Å². The van der Waals surface area contributed by atoms with Crippen LogP contribution in [0.1, 0.15) is 44.7 Å². The second kappa shape index (κ2) is 8.40. The molecule has 1 aliphatic carbocycles. The maximum absolute atomic E-state index is 12.7. The minimum atomic E-state index is -3.68. The Morgan fingerprint density at radius 3 is 2.13 bits per heavy atom. The van der Waals surface area contributed by atoms with Crippen molar-refractivity contribution in [3.63, 3.8) is 0 Å². The molecular formula is C23H30N2O4S. The molecule has 0 bridgehead atoms. The molecule has 0 aromatic heterocycles. The van der Waals surface area contributed by atoms with Gasteiger partial charge in [0.2, 0.25) is 5.91 Å². The minimum absolute atomic E-state index is 0.00758. The fourth-order valence-electron chi connectivity index (χ4n) is 3.41. The molecule has 7 heteroatoms. The van der Waals surface area contributed by atoms with Crippen LogP contribution in [-0.4, -0.2) is 34.6 Å². The molecule has 0 aliphatic heterocycles. The van der Waals surface area contributed by atoms with Gasteiger partial charge < -0.3 is 10.1 Å². The van der Waals surface area contributed by atoms with Crippen molar-refractivity contribution in [3.8, 4) is 0 Å². The SMILES string of the molecule is COCCNC(=O)C1(c2ccc(NS(=O)(=O)c3ccc(C(C)(C)C)cc3)cc2)CC1. The van der Waals surface area contributed by atoms with Crippen molar-refractivity contribution in [1.29, 1.82) is 0 Å². The Morgan fingerprint density at radius 1 is 1.03 bits per heavy atom. The molecule has 0 heterocycles. The first-order chi connectivity index (χ1) is 14.1. The number of nitrogens with one attached hydrogen (secondary N) is 2. The van der Waals surface area contributed by atoms with E-state index < -0.39 is 15.4 Å². The summed E-state index contributed by atoms with van der Waals surface area (Å²) in [5, 5.41) is 2.90. The van der Waals surface area contributed by atoms with Gasteiger partial charge in [0.1, 0.15) is 0 Å². The summed E-state index contributed by atoms with van der Waals surface area (Å²) in [6.07, 6.45) is 1.58. The van der Waals surface area contributed by atoms with Crippen LogP contribution in [0.25, 0.3) is 0 Å². The molecule has 2 aromatic rings. The third-order valence-electron chi connectivity index (χ3n) is 5.50. The summed E-state index contributed by atoms with van der Waals surface area (Å²) in [4.78, 5) is 12.7. The lowest BCUT2D eigenvalue weighted by Crippen LogP contribution is -2.36. The zero-order valence-corrected chi connectivity index (χ0v) is 18.8. The number of methoxy groups -OCH3 is 1. The topological polar surface area (TPSA) is 84.5 Å². The average molecular weight is 431 g/mol. The number of rotatable bonds is 8. The number of carbonyl (C=O) groups is 1. The van der Waals surface area contributed by atoms with Crippen LogP contribution >= 0.6 is 0 Å². The highest BCUT2D eigenvalue weighted by molar-refractivity contribution is 7.92. The Hall–Kier alpha value is -2.38. The Morgan fingerprint density at radius 2 is 1.63 bits per heavy atom. The molecule has 2 N–H and O–H groups in total. The maximum atomic E-state index is 12.7. The van der Waals surface area contributed by atoms with Crippen LogP contribution in [0.4, 0.5) is 5.69 Å². The summed E-state index contributed by atoms with van der Waals surface area (Å²) in [6.45, 7) is 7.20. The quantitative estimate of drug-likeness (QED) is 0.627. The molecule has 1 aliphatic rings. The van der Waals surface area contributed by atoms with E-state index in [2.05, 4.69) is 30.8 Å². The van der Waals surface area contributed by atoms with Crippen molar-refractivity contribution in [2.45, 2.75) is 49.3 Å². The van der Waals surface area contributed by atoms with Crippen molar-refractivity contribution >= 4 is 21.6 Å². The molecule has 0 atom stereocenters. The van der Waals surface area contributed by atoms with Gasteiger partial charge in [-0.3, -0.25) is 9.52 Å². The standard InChI is InChI=1S/C23H30N2O4S/c1-22(2,3)17-7-11-20(12-8-17)30(27,28)25-19-9-5-18(6-10-19)23(13-14-23)21(26)24-15-16-29-4/h5-12,25H,13-16H2,1-4H3,(H,24,26). The van der Waals surface area contributed by atoms with Crippen LogP contribution in [0, 0.1) is 0 Å². The highest BCUT2D eigenvalue weighted by Gasteiger charge is 2.51. The van der Waals surface area contributed by atoms with Gasteiger partial charge in [-0.25, -0.2) is 8.42 Å². The molecule has 162 valence electrons. The fraction of sp³-hybridized carbons (Fsp3) is 0.435. The zero-order valence-electron chi connectivity index (χ0n) is 18.0. The van der Waals surface area contributed by atoms with Gasteiger partial charge in [0, 0.05) is 19.3 Å². The number of hydrogen-bond acceptors (Lipinski definition) is 4. The first-order valence-corrected chi connectivity index (χ1v) is 11.6. The van der Waals surface area contributed by atoms with Crippen molar-refractivity contribution in [2.75, 3.05) is 25.0 Å². The minimum Gasteiger partial charge on any atom is -0.383 e. The van der Waals surface area contributed by atoms with E-state index >= 15 is 0 Å². The molecule has 0 saturated heterocycles. The summed E-state index contributed by atoms with van der Waals surface area (Å²) in [6, 6.07) is 14.0. The highest BCUT2D eigenvalue weighted by atomic mass is 32.2. The molecule has 0 spiro atoms. The van der Waals surface area contributed by atoms with Gasteiger partial charge in [0.15, 0.2) is 0 Å². The number of benzene rings is 2. The fourth-order valence-corrected chi connectivity index (χ4v) is 4.47. The van der Waals surface area contributed by atoms with E-state index in [1.807, 2.05) is 24.3 Å². The highest BCUT2D eigenvalue weighted by Crippen LogP contribution is 2.48. The smallest absolute Gasteiger partial charge is 0.261 e. The largest absolute Gasteiger partial charge is 0.383 e. The van der Waals surface area contributed by atoms with Crippen LogP contribution in [-0.2, 0) is 30.4 Å². The molecule has 1 fully saturated rings. The van der Waals surface area contributed by atoms with E-state index in [9.17, 15) is 13.2 Å². The van der Waals surface area contributed by atoms with E-state index in [0.29, 0.717) is 18.8 Å². The zero-order chi connectivity index (χ0) is 22.0. The lowest BCUT2D eigenvalue weighted by molar-refractivity contribution is -0.123. The van der Waals surface area contributed by atoms with Gasteiger partial charge in [0.25, 0.3) is 10.0 Å². The predicted octanol–water partition coefficient (Wildman–Crippen LogP) is 3.58. The Labute approximate surface area is 179 Å². The van der Waals surface area contributed by atoms with Gasteiger partial charge in [-0.05, 0) is 53.6 Å². The number of hydrogen-bond donors (Lipinski definition) is 2. The summed E-state index contributed by atoms with van der Waals surface area (Å²) in [7, 11) is -2.09. The molecule has 30 heavy (non-hydrogen) atoms. The van der Waals surface area contributed by atoms with Crippen LogP contribution in [0.2, 0.25) is 0 Å². The second-order valence-corrected chi connectivity index (χ2v) is 10.5. The van der Waals surface area contributed by atoms with Gasteiger partial charge in [-0.2, -0.15) is 0 Å². The first kappa shape index (κ1) is 22.3. The summed E-state index contributed by atoms with van der Waals surface area (Å²) in [5.41, 5.74) is 1.89. The second-order valence-electron chi connectivity index (χ2n) is 8.79. The Balaban J connectivity index is 1.70. The molecule has 1 saturated carbocycles. The van der Waals surface area contributed by atoms with Gasteiger partial charge >= 0.3 is 0 Å². The number of sulfonamides is 1. The number of carbonyl (C=O) groups excluding carboxylic acids is 1. The van der Waals surface area contributed by atoms with Crippen molar-refractivity contribution in [1.82, 2.24) is 5.32 Å². The third-order valence-corrected chi connectivity index (χ3v) is 6.89. The van der Waals surface area contributed by atoms with Gasteiger partial charge in [-0.1, -0.05) is 45.0 Å². The van der Waals surface area contributed by atoms with E-state index in [-0.39, 0.29) is 16.2 Å². The van der Waals surface area contributed by atoms with E-state index in [1.54, 1.807) is 31.4 Å². The lowest BCUT2D eigenvalue weighted by Gasteiger charge is -2.19. The van der Waals surface area contributed by atoms with Crippen molar-refractivity contribution in [3.05, 3.63) is 59.7 Å². The summed E-state index contributed by atoms with van der Waals surface area (Å²) >= 11 is 0. The van der Waals surface area contributed by atoms with E-state index in [1.165, 1.54) is 0 Å². The average Bonchev–Trinajstić information content (AvgIpc) is 3.50.